The second-order valence-electron chi connectivity index (χ2n) is 4.36. The molecule has 0 saturated heterocycles. The summed E-state index contributed by atoms with van der Waals surface area (Å²) in [5, 5.41) is 8.87. The summed E-state index contributed by atoms with van der Waals surface area (Å²) in [4.78, 5) is 11.0. The summed E-state index contributed by atoms with van der Waals surface area (Å²) >= 11 is 0. The van der Waals surface area contributed by atoms with E-state index in [1.54, 1.807) is 13.8 Å². The number of hydrogen-bond acceptors (Lipinski definition) is 3. The largest absolute Gasteiger partial charge is 0.480 e. The number of rotatable bonds is 4. The lowest BCUT2D eigenvalue weighted by atomic mass is 10.2. The molecular weight excluding hydrogens is 254 g/mol. The molecule has 0 aliphatic heterocycles. The Hall–Kier alpha value is -1.40. The highest BCUT2D eigenvalue weighted by Gasteiger charge is 2.29. The van der Waals surface area contributed by atoms with Gasteiger partial charge in [0.2, 0.25) is 10.0 Å². The van der Waals surface area contributed by atoms with Crippen LogP contribution in [0.15, 0.2) is 23.1 Å². The van der Waals surface area contributed by atoms with Crippen molar-refractivity contribution in [3.05, 3.63) is 29.3 Å². The van der Waals surface area contributed by atoms with E-state index in [-0.39, 0.29) is 4.90 Å². The molecular formula is C12H17NO4S. The highest BCUT2D eigenvalue weighted by molar-refractivity contribution is 7.89. The van der Waals surface area contributed by atoms with Gasteiger partial charge in [0, 0.05) is 7.05 Å². The monoisotopic (exact) mass is 271 g/mol. The summed E-state index contributed by atoms with van der Waals surface area (Å²) in [5.41, 5.74) is 1.65. The molecule has 0 heterocycles. The molecule has 0 spiro atoms. The number of aliphatic carboxylic acids is 1. The maximum Gasteiger partial charge on any atom is 0.321 e. The molecule has 0 aliphatic rings. The summed E-state index contributed by atoms with van der Waals surface area (Å²) in [7, 11) is -2.51. The summed E-state index contributed by atoms with van der Waals surface area (Å²) in [5.74, 6) is -1.18. The van der Waals surface area contributed by atoms with Crippen molar-refractivity contribution >= 4 is 16.0 Å². The fourth-order valence-corrected chi connectivity index (χ4v) is 3.12. The van der Waals surface area contributed by atoms with E-state index in [2.05, 4.69) is 0 Å². The van der Waals surface area contributed by atoms with Gasteiger partial charge in [-0.1, -0.05) is 6.07 Å². The zero-order valence-electron chi connectivity index (χ0n) is 10.8. The third kappa shape index (κ3) is 2.88. The van der Waals surface area contributed by atoms with Gasteiger partial charge in [0.25, 0.3) is 0 Å². The van der Waals surface area contributed by atoms with Crippen LogP contribution >= 0.6 is 0 Å². The van der Waals surface area contributed by atoms with E-state index in [0.717, 1.165) is 15.4 Å². The molecule has 6 heteroatoms. The third-order valence-electron chi connectivity index (χ3n) is 2.77. The van der Waals surface area contributed by atoms with E-state index >= 15 is 0 Å². The minimum absolute atomic E-state index is 0.121. The van der Waals surface area contributed by atoms with Crippen LogP contribution in [0.3, 0.4) is 0 Å². The van der Waals surface area contributed by atoms with Gasteiger partial charge in [-0.15, -0.1) is 0 Å². The van der Waals surface area contributed by atoms with Crippen LogP contribution in [0.5, 0.6) is 0 Å². The Morgan fingerprint density at radius 2 is 1.67 bits per heavy atom. The van der Waals surface area contributed by atoms with Crippen LogP contribution in [0.2, 0.25) is 0 Å². The number of nitrogens with zero attached hydrogens (tertiary/aromatic N) is 1. The second-order valence-corrected chi connectivity index (χ2v) is 6.36. The second kappa shape index (κ2) is 5.07. The van der Waals surface area contributed by atoms with Crippen molar-refractivity contribution in [3.63, 3.8) is 0 Å². The Morgan fingerprint density at radius 1 is 1.22 bits per heavy atom. The van der Waals surface area contributed by atoms with Gasteiger partial charge < -0.3 is 5.11 Å². The first kappa shape index (κ1) is 14.7. The van der Waals surface area contributed by atoms with Crippen LogP contribution in [0.1, 0.15) is 18.1 Å². The van der Waals surface area contributed by atoms with Gasteiger partial charge in [-0.25, -0.2) is 8.42 Å². The maximum absolute atomic E-state index is 12.2. The van der Waals surface area contributed by atoms with Crippen LogP contribution in [0.4, 0.5) is 0 Å². The normalized spacial score (nSPS) is 13.6. The molecule has 0 bridgehead atoms. The first-order valence-electron chi connectivity index (χ1n) is 5.45. The van der Waals surface area contributed by atoms with E-state index in [1.165, 1.54) is 26.1 Å². The predicted octanol–water partition coefficient (Wildman–Crippen LogP) is 1.40. The van der Waals surface area contributed by atoms with Crippen LogP contribution in [-0.2, 0) is 14.8 Å². The SMILES string of the molecule is Cc1cc(C)cc(S(=O)(=O)N(C)C(C)C(=O)O)c1. The van der Waals surface area contributed by atoms with Crippen molar-refractivity contribution in [1.82, 2.24) is 4.31 Å². The van der Waals surface area contributed by atoms with Gasteiger partial charge in [0.1, 0.15) is 6.04 Å². The van der Waals surface area contributed by atoms with E-state index in [4.69, 9.17) is 5.11 Å². The number of carboxylic acids is 1. The van der Waals surface area contributed by atoms with E-state index in [0.29, 0.717) is 0 Å². The standard InChI is InChI=1S/C12H17NO4S/c1-8-5-9(2)7-11(6-8)18(16,17)13(4)10(3)12(14)15/h5-7,10H,1-4H3,(H,14,15). The lowest BCUT2D eigenvalue weighted by Crippen LogP contribution is -2.40. The number of likely N-dealkylation sites (N-methyl/N-ethyl adjacent to an activating group) is 1. The van der Waals surface area contributed by atoms with Gasteiger partial charge >= 0.3 is 5.97 Å². The summed E-state index contributed by atoms with van der Waals surface area (Å²) in [6.07, 6.45) is 0. The predicted molar refractivity (Wildman–Crippen MR) is 68.0 cm³/mol. The quantitative estimate of drug-likeness (QED) is 0.898. The zero-order chi connectivity index (χ0) is 14.1. The van der Waals surface area contributed by atoms with E-state index in [1.807, 2.05) is 6.07 Å². The van der Waals surface area contributed by atoms with Crippen molar-refractivity contribution in [2.24, 2.45) is 0 Å². The van der Waals surface area contributed by atoms with Gasteiger partial charge in [0.15, 0.2) is 0 Å². The molecule has 1 atom stereocenters. The topological polar surface area (TPSA) is 74.7 Å². The average molecular weight is 271 g/mol. The highest BCUT2D eigenvalue weighted by Crippen LogP contribution is 2.19. The molecule has 100 valence electrons. The highest BCUT2D eigenvalue weighted by atomic mass is 32.2. The molecule has 0 radical (unpaired) electrons. The minimum Gasteiger partial charge on any atom is -0.480 e. The van der Waals surface area contributed by atoms with Gasteiger partial charge in [-0.3, -0.25) is 4.79 Å². The summed E-state index contributed by atoms with van der Waals surface area (Å²) in [6.45, 7) is 4.93. The molecule has 1 N–H and O–H groups in total. The number of carbonyl (C=O) groups is 1. The molecule has 0 aromatic heterocycles. The van der Waals surface area contributed by atoms with Gasteiger partial charge in [-0.05, 0) is 44.0 Å². The molecule has 1 aromatic carbocycles. The van der Waals surface area contributed by atoms with E-state index < -0.39 is 22.0 Å². The average Bonchev–Trinajstić information content (AvgIpc) is 2.25. The Labute approximate surface area is 107 Å². The smallest absolute Gasteiger partial charge is 0.321 e. The first-order chi connectivity index (χ1) is 8.16. The van der Waals surface area contributed by atoms with Gasteiger partial charge in [0.05, 0.1) is 4.90 Å². The third-order valence-corrected chi connectivity index (χ3v) is 4.68. The molecule has 0 amide bonds. The molecule has 1 unspecified atom stereocenters. The maximum atomic E-state index is 12.2. The minimum atomic E-state index is -3.78. The summed E-state index contributed by atoms with van der Waals surface area (Å²) in [6, 6.07) is 3.83. The molecule has 5 nitrogen and oxygen atoms in total. The number of sulfonamides is 1. The van der Waals surface area contributed by atoms with Crippen molar-refractivity contribution in [1.29, 1.82) is 0 Å². The lowest BCUT2D eigenvalue weighted by molar-refractivity contribution is -0.140. The fraction of sp³-hybridized carbons (Fsp3) is 0.417. The number of aryl methyl sites for hydroxylation is 2. The van der Waals surface area contributed by atoms with Crippen LogP contribution in [-0.4, -0.2) is 36.9 Å². The van der Waals surface area contributed by atoms with Crippen molar-refractivity contribution in [3.8, 4) is 0 Å². The van der Waals surface area contributed by atoms with Crippen LogP contribution in [0.25, 0.3) is 0 Å². The lowest BCUT2D eigenvalue weighted by Gasteiger charge is -2.21. The van der Waals surface area contributed by atoms with Crippen molar-refractivity contribution in [2.45, 2.75) is 31.7 Å². The number of benzene rings is 1. The Morgan fingerprint density at radius 3 is 2.06 bits per heavy atom. The molecule has 0 fully saturated rings. The van der Waals surface area contributed by atoms with Crippen LogP contribution < -0.4 is 0 Å². The Balaban J connectivity index is 3.25. The van der Waals surface area contributed by atoms with Crippen LogP contribution in [0, 0.1) is 13.8 Å². The van der Waals surface area contributed by atoms with Crippen molar-refractivity contribution in [2.75, 3.05) is 7.05 Å². The van der Waals surface area contributed by atoms with Crippen molar-refractivity contribution < 1.29 is 18.3 Å². The first-order valence-corrected chi connectivity index (χ1v) is 6.89. The number of carboxylic acid groups (broad SMARTS) is 1. The number of hydrogen-bond donors (Lipinski definition) is 1. The molecule has 1 aromatic rings. The Kier molecular flexibility index (Phi) is 4.13. The fourth-order valence-electron chi connectivity index (χ4n) is 1.61. The Bertz CT molecular complexity index is 545. The molecule has 0 saturated carbocycles. The molecule has 18 heavy (non-hydrogen) atoms. The van der Waals surface area contributed by atoms with Gasteiger partial charge in [-0.2, -0.15) is 4.31 Å². The van der Waals surface area contributed by atoms with E-state index in [9.17, 15) is 13.2 Å². The molecule has 1 rings (SSSR count). The summed E-state index contributed by atoms with van der Waals surface area (Å²) < 4.78 is 25.4. The molecule has 0 aliphatic carbocycles. The zero-order valence-corrected chi connectivity index (χ0v) is 11.7.